The minimum absolute atomic E-state index is 0.130. The molecule has 0 saturated carbocycles. The molecule has 0 spiro atoms. The zero-order valence-electron chi connectivity index (χ0n) is 16.9. The number of ether oxygens (including phenoxy) is 1. The third kappa shape index (κ3) is 5.64. The monoisotopic (exact) mass is 368 g/mol. The van der Waals surface area contributed by atoms with E-state index in [1.807, 2.05) is 12.1 Å². The van der Waals surface area contributed by atoms with Crippen molar-refractivity contribution in [1.82, 2.24) is 4.98 Å². The first kappa shape index (κ1) is 20.6. The minimum atomic E-state index is -0.632. The van der Waals surface area contributed by atoms with Crippen LogP contribution in [0.15, 0.2) is 36.5 Å². The maximum Gasteiger partial charge on any atom is 0.412 e. The number of hydrogen-bond acceptors (Lipinski definition) is 4. The van der Waals surface area contributed by atoms with Crippen molar-refractivity contribution in [1.29, 1.82) is 0 Å². The Hall–Kier alpha value is -2.69. The zero-order valence-corrected chi connectivity index (χ0v) is 16.9. The Morgan fingerprint density at radius 3 is 2.44 bits per heavy atom. The number of aromatic nitrogens is 1. The van der Waals surface area contributed by atoms with Crippen molar-refractivity contribution >= 4 is 17.6 Å². The van der Waals surface area contributed by atoms with Crippen LogP contribution in [0.4, 0.5) is 10.5 Å². The average molecular weight is 368 g/mol. The fourth-order valence-corrected chi connectivity index (χ4v) is 2.57. The molecule has 0 aliphatic rings. The molecule has 1 aromatic heterocycles. The first-order valence-corrected chi connectivity index (χ1v) is 9.24. The van der Waals surface area contributed by atoms with Crippen molar-refractivity contribution in [3.8, 4) is 11.1 Å². The highest BCUT2D eigenvalue weighted by Crippen LogP contribution is 2.27. The summed E-state index contributed by atoms with van der Waals surface area (Å²) in [6.45, 7) is 11.1. The normalized spacial score (nSPS) is 11.4. The summed E-state index contributed by atoms with van der Waals surface area (Å²) in [5.74, 6) is -0.360. The fourth-order valence-electron chi connectivity index (χ4n) is 2.57. The van der Waals surface area contributed by atoms with Crippen LogP contribution in [0.2, 0.25) is 0 Å². The van der Waals surface area contributed by atoms with Gasteiger partial charge in [0.1, 0.15) is 11.3 Å². The highest BCUT2D eigenvalue weighted by atomic mass is 16.6. The van der Waals surface area contributed by atoms with Crippen LogP contribution in [0.25, 0.3) is 11.1 Å². The molecule has 1 N–H and O–H groups in total. The number of hydrogen-bond donors (Lipinski definition) is 1. The second-order valence-corrected chi connectivity index (χ2v) is 7.82. The van der Waals surface area contributed by atoms with Gasteiger partial charge in [0.2, 0.25) is 0 Å². The zero-order chi connectivity index (χ0) is 20.2. The van der Waals surface area contributed by atoms with Gasteiger partial charge in [-0.15, -0.1) is 0 Å². The van der Waals surface area contributed by atoms with E-state index in [0.29, 0.717) is 5.69 Å². The average Bonchev–Trinajstić information content (AvgIpc) is 2.59. The van der Waals surface area contributed by atoms with Gasteiger partial charge in [-0.2, -0.15) is 0 Å². The van der Waals surface area contributed by atoms with E-state index in [2.05, 4.69) is 29.4 Å². The van der Waals surface area contributed by atoms with E-state index in [1.54, 1.807) is 46.9 Å². The number of rotatable bonds is 5. The summed E-state index contributed by atoms with van der Waals surface area (Å²) >= 11 is 0. The molecule has 27 heavy (non-hydrogen) atoms. The van der Waals surface area contributed by atoms with Gasteiger partial charge in [0.05, 0.1) is 5.69 Å². The van der Waals surface area contributed by atoms with Gasteiger partial charge in [0, 0.05) is 17.7 Å². The molecular weight excluding hydrogens is 340 g/mol. The van der Waals surface area contributed by atoms with Crippen LogP contribution in [-0.2, 0) is 11.2 Å². The highest BCUT2D eigenvalue weighted by Gasteiger charge is 2.22. The largest absolute Gasteiger partial charge is 0.444 e. The first-order valence-electron chi connectivity index (χ1n) is 9.24. The molecule has 0 bridgehead atoms. The van der Waals surface area contributed by atoms with E-state index in [0.717, 1.165) is 17.5 Å². The number of Topliss-reactive ketones (excluding diaryl/α,β-unsaturated/α-hetero) is 1. The number of carbonyl (C=O) groups is 2. The Kier molecular flexibility index (Phi) is 6.37. The summed E-state index contributed by atoms with van der Waals surface area (Å²) in [4.78, 5) is 29.1. The van der Waals surface area contributed by atoms with Gasteiger partial charge < -0.3 is 4.74 Å². The van der Waals surface area contributed by atoms with E-state index in [9.17, 15) is 9.59 Å². The Morgan fingerprint density at radius 1 is 1.15 bits per heavy atom. The number of amides is 1. The molecule has 0 saturated heterocycles. The maximum absolute atomic E-state index is 12.5. The molecule has 0 aliphatic carbocycles. The number of nitrogens with one attached hydrogen (secondary N) is 1. The van der Waals surface area contributed by atoms with Crippen LogP contribution < -0.4 is 5.32 Å². The summed E-state index contributed by atoms with van der Waals surface area (Å²) < 4.78 is 5.33. The van der Waals surface area contributed by atoms with Crippen molar-refractivity contribution < 1.29 is 14.3 Å². The molecule has 1 aromatic carbocycles. The molecule has 2 rings (SSSR count). The van der Waals surface area contributed by atoms with Crippen LogP contribution in [0.5, 0.6) is 0 Å². The van der Waals surface area contributed by atoms with Crippen molar-refractivity contribution in [3.05, 3.63) is 47.8 Å². The number of pyridine rings is 1. The predicted molar refractivity (Wildman–Crippen MR) is 108 cm³/mol. The molecule has 2 aromatic rings. The fraction of sp³-hybridized carbons (Fsp3) is 0.409. The quantitative estimate of drug-likeness (QED) is 0.708. The number of ketones is 1. The van der Waals surface area contributed by atoms with Crippen molar-refractivity contribution in [2.24, 2.45) is 5.92 Å². The van der Waals surface area contributed by atoms with E-state index in [1.165, 1.54) is 5.56 Å². The van der Waals surface area contributed by atoms with Gasteiger partial charge in [-0.05, 0) is 44.4 Å². The van der Waals surface area contributed by atoms with E-state index < -0.39 is 11.7 Å². The molecule has 0 atom stereocenters. The Bertz CT molecular complexity index is 836. The molecule has 0 unspecified atom stereocenters. The highest BCUT2D eigenvalue weighted by molar-refractivity contribution is 6.03. The van der Waals surface area contributed by atoms with E-state index in [4.69, 9.17) is 4.74 Å². The van der Waals surface area contributed by atoms with Crippen molar-refractivity contribution in [3.63, 3.8) is 0 Å². The number of anilines is 1. The molecule has 0 fully saturated rings. The standard InChI is InChI=1S/C22H28N2O3/c1-7-15-9-8-10-16(11-15)17-12-18(24-21(26)27-22(4,5)6)19(23-13-17)20(25)14(2)3/h8-14H,7H2,1-6H3,(H,24,26). The molecule has 5 nitrogen and oxygen atoms in total. The van der Waals surface area contributed by atoms with Gasteiger partial charge >= 0.3 is 6.09 Å². The topological polar surface area (TPSA) is 68.3 Å². The molecule has 0 aliphatic heterocycles. The smallest absolute Gasteiger partial charge is 0.412 e. The summed E-state index contributed by atoms with van der Waals surface area (Å²) in [7, 11) is 0. The lowest BCUT2D eigenvalue weighted by atomic mass is 10.00. The summed E-state index contributed by atoms with van der Waals surface area (Å²) in [5.41, 5.74) is 2.99. The molecule has 5 heteroatoms. The first-order chi connectivity index (χ1) is 12.6. The van der Waals surface area contributed by atoms with Crippen LogP contribution in [0, 0.1) is 5.92 Å². The predicted octanol–water partition coefficient (Wildman–Crippen LogP) is 5.50. The molecule has 1 amide bonds. The van der Waals surface area contributed by atoms with Gasteiger partial charge in [-0.1, -0.05) is 45.0 Å². The van der Waals surface area contributed by atoms with Crippen LogP contribution in [0.1, 0.15) is 57.6 Å². The lowest BCUT2D eigenvalue weighted by Crippen LogP contribution is -2.28. The van der Waals surface area contributed by atoms with Crippen LogP contribution in [0.3, 0.4) is 0 Å². The molecular formula is C22H28N2O3. The SMILES string of the molecule is CCc1cccc(-c2cnc(C(=O)C(C)C)c(NC(=O)OC(C)(C)C)c2)c1. The third-order valence-corrected chi connectivity index (χ3v) is 3.95. The summed E-state index contributed by atoms with van der Waals surface area (Å²) in [6, 6.07) is 9.90. The molecule has 1 heterocycles. The minimum Gasteiger partial charge on any atom is -0.444 e. The number of carbonyl (C=O) groups excluding carboxylic acids is 2. The van der Waals surface area contributed by atoms with Gasteiger partial charge in [0.25, 0.3) is 0 Å². The Balaban J connectivity index is 2.45. The van der Waals surface area contributed by atoms with Crippen molar-refractivity contribution in [2.45, 2.75) is 53.6 Å². The second-order valence-electron chi connectivity index (χ2n) is 7.82. The number of benzene rings is 1. The van der Waals surface area contributed by atoms with Gasteiger partial charge in [-0.25, -0.2) is 4.79 Å². The lowest BCUT2D eigenvalue weighted by Gasteiger charge is -2.20. The van der Waals surface area contributed by atoms with Crippen molar-refractivity contribution in [2.75, 3.05) is 5.32 Å². The van der Waals surface area contributed by atoms with Gasteiger partial charge in [-0.3, -0.25) is 15.1 Å². The number of aryl methyl sites for hydroxylation is 1. The lowest BCUT2D eigenvalue weighted by molar-refractivity contribution is 0.0636. The number of nitrogens with zero attached hydrogens (tertiary/aromatic N) is 1. The van der Waals surface area contributed by atoms with Crippen LogP contribution in [-0.4, -0.2) is 22.5 Å². The summed E-state index contributed by atoms with van der Waals surface area (Å²) in [6.07, 6.45) is 1.99. The summed E-state index contributed by atoms with van der Waals surface area (Å²) in [5, 5.41) is 2.70. The second kappa shape index (κ2) is 8.33. The van der Waals surface area contributed by atoms with E-state index >= 15 is 0 Å². The van der Waals surface area contributed by atoms with Gasteiger partial charge in [0.15, 0.2) is 5.78 Å². The third-order valence-electron chi connectivity index (χ3n) is 3.95. The Labute approximate surface area is 161 Å². The van der Waals surface area contributed by atoms with E-state index in [-0.39, 0.29) is 17.4 Å². The maximum atomic E-state index is 12.5. The van der Waals surface area contributed by atoms with Crippen LogP contribution >= 0.6 is 0 Å². The molecule has 0 radical (unpaired) electrons. The molecule has 144 valence electrons. The Morgan fingerprint density at radius 2 is 1.85 bits per heavy atom.